The Morgan fingerprint density at radius 2 is 1.71 bits per heavy atom. The first-order valence-electron chi connectivity index (χ1n) is 7.09. The Hall–Kier alpha value is -2.20. The highest BCUT2D eigenvalue weighted by Gasteiger charge is 2.05. The molecule has 0 saturated heterocycles. The van der Waals surface area contributed by atoms with Crippen LogP contribution in [0.25, 0.3) is 0 Å². The first-order valence-corrected chi connectivity index (χ1v) is 7.09. The largest absolute Gasteiger partial charge is 0.309 e. The van der Waals surface area contributed by atoms with Crippen LogP contribution in [0.1, 0.15) is 36.5 Å². The van der Waals surface area contributed by atoms with Crippen molar-refractivity contribution in [2.75, 3.05) is 0 Å². The van der Waals surface area contributed by atoms with Crippen LogP contribution in [0.4, 0.5) is 5.69 Å². The molecule has 4 heteroatoms. The lowest BCUT2D eigenvalue weighted by atomic mass is 10.0. The van der Waals surface area contributed by atoms with Gasteiger partial charge >= 0.3 is 0 Å². The average Bonchev–Trinajstić information content (AvgIpc) is 2.48. The highest BCUT2D eigenvalue weighted by atomic mass is 16.6. The van der Waals surface area contributed by atoms with Crippen molar-refractivity contribution >= 4 is 5.69 Å². The van der Waals surface area contributed by atoms with Crippen LogP contribution in [0, 0.1) is 10.1 Å². The van der Waals surface area contributed by atoms with E-state index in [1.54, 1.807) is 12.1 Å². The maximum Gasteiger partial charge on any atom is 0.269 e. The third-order valence-electron chi connectivity index (χ3n) is 3.43. The summed E-state index contributed by atoms with van der Waals surface area (Å²) in [6.45, 7) is 5.72. The topological polar surface area (TPSA) is 55.2 Å². The molecular weight excluding hydrogens is 264 g/mol. The first-order chi connectivity index (χ1) is 10.1. The van der Waals surface area contributed by atoms with Crippen LogP contribution in [0.5, 0.6) is 0 Å². The molecule has 0 aliphatic heterocycles. The van der Waals surface area contributed by atoms with Gasteiger partial charge in [-0.1, -0.05) is 50.2 Å². The molecule has 0 fully saturated rings. The Bertz CT molecular complexity index is 606. The molecule has 0 aliphatic carbocycles. The first kappa shape index (κ1) is 15.2. The van der Waals surface area contributed by atoms with Gasteiger partial charge < -0.3 is 5.32 Å². The summed E-state index contributed by atoms with van der Waals surface area (Å²) in [4.78, 5) is 10.4. The molecule has 0 radical (unpaired) electrons. The fourth-order valence-electron chi connectivity index (χ4n) is 2.15. The number of hydrogen-bond acceptors (Lipinski definition) is 3. The van der Waals surface area contributed by atoms with Gasteiger partial charge in [-0.05, 0) is 22.6 Å². The summed E-state index contributed by atoms with van der Waals surface area (Å²) >= 11 is 0. The summed E-state index contributed by atoms with van der Waals surface area (Å²) in [7, 11) is 0. The minimum atomic E-state index is -0.367. The minimum Gasteiger partial charge on any atom is -0.309 e. The van der Waals surface area contributed by atoms with E-state index in [0.717, 1.165) is 12.1 Å². The molecule has 2 rings (SSSR count). The van der Waals surface area contributed by atoms with Crippen LogP contribution >= 0.6 is 0 Å². The van der Waals surface area contributed by atoms with Gasteiger partial charge in [-0.25, -0.2) is 0 Å². The zero-order valence-corrected chi connectivity index (χ0v) is 12.4. The van der Waals surface area contributed by atoms with Gasteiger partial charge in [0.2, 0.25) is 0 Å². The quantitative estimate of drug-likeness (QED) is 0.644. The number of benzene rings is 2. The van der Waals surface area contributed by atoms with Crippen molar-refractivity contribution in [1.29, 1.82) is 0 Å². The third kappa shape index (κ3) is 4.39. The van der Waals surface area contributed by atoms with Crippen molar-refractivity contribution in [2.24, 2.45) is 0 Å². The number of nitro benzene ring substituents is 1. The fraction of sp³-hybridized carbons (Fsp3) is 0.294. The second-order valence-corrected chi connectivity index (χ2v) is 5.43. The lowest BCUT2D eigenvalue weighted by Gasteiger charge is -2.08. The van der Waals surface area contributed by atoms with Crippen molar-refractivity contribution in [3.63, 3.8) is 0 Å². The van der Waals surface area contributed by atoms with E-state index in [-0.39, 0.29) is 10.6 Å². The second-order valence-electron chi connectivity index (χ2n) is 5.43. The Balaban J connectivity index is 1.89. The van der Waals surface area contributed by atoms with E-state index < -0.39 is 0 Å². The van der Waals surface area contributed by atoms with E-state index in [1.165, 1.54) is 17.2 Å². The van der Waals surface area contributed by atoms with E-state index in [0.29, 0.717) is 12.5 Å². The number of nitro groups is 1. The van der Waals surface area contributed by atoms with Crippen molar-refractivity contribution in [1.82, 2.24) is 5.32 Å². The smallest absolute Gasteiger partial charge is 0.269 e. The van der Waals surface area contributed by atoms with Gasteiger partial charge in [0.25, 0.3) is 5.69 Å². The summed E-state index contributed by atoms with van der Waals surface area (Å²) < 4.78 is 0. The Morgan fingerprint density at radius 1 is 1.05 bits per heavy atom. The van der Waals surface area contributed by atoms with Crippen LogP contribution in [0.15, 0.2) is 48.5 Å². The van der Waals surface area contributed by atoms with Gasteiger partial charge in [0, 0.05) is 25.2 Å². The van der Waals surface area contributed by atoms with E-state index in [2.05, 4.69) is 43.4 Å². The molecular formula is C17H20N2O2. The molecule has 2 aromatic carbocycles. The molecule has 21 heavy (non-hydrogen) atoms. The summed E-state index contributed by atoms with van der Waals surface area (Å²) in [6.07, 6.45) is 0. The third-order valence-corrected chi connectivity index (χ3v) is 3.43. The van der Waals surface area contributed by atoms with Gasteiger partial charge in [0.15, 0.2) is 0 Å². The molecule has 0 spiro atoms. The maximum atomic E-state index is 10.7. The standard InChI is InChI=1S/C17H20N2O2/c1-13(2)16-8-6-14(7-9-16)11-18-12-15-4-3-5-17(10-15)19(20)21/h3-10,13,18H,11-12H2,1-2H3. The van der Waals surface area contributed by atoms with Crippen molar-refractivity contribution in [2.45, 2.75) is 32.9 Å². The Morgan fingerprint density at radius 3 is 2.33 bits per heavy atom. The maximum absolute atomic E-state index is 10.7. The van der Waals surface area contributed by atoms with Gasteiger partial charge in [0.05, 0.1) is 4.92 Å². The molecule has 0 saturated carbocycles. The fourth-order valence-corrected chi connectivity index (χ4v) is 2.15. The molecule has 1 N–H and O–H groups in total. The van der Waals surface area contributed by atoms with E-state index in [9.17, 15) is 10.1 Å². The van der Waals surface area contributed by atoms with Gasteiger partial charge in [-0.3, -0.25) is 10.1 Å². The minimum absolute atomic E-state index is 0.135. The van der Waals surface area contributed by atoms with E-state index in [4.69, 9.17) is 0 Å². The molecule has 0 aliphatic rings. The van der Waals surface area contributed by atoms with E-state index >= 15 is 0 Å². The van der Waals surface area contributed by atoms with Crippen LogP contribution in [0.3, 0.4) is 0 Å². The Labute approximate surface area is 125 Å². The molecule has 0 aromatic heterocycles. The predicted octanol–water partition coefficient (Wildman–Crippen LogP) is 4.01. The molecule has 0 bridgehead atoms. The SMILES string of the molecule is CC(C)c1ccc(CNCc2cccc([N+](=O)[O-])c2)cc1. The predicted molar refractivity (Wildman–Crippen MR) is 84.2 cm³/mol. The van der Waals surface area contributed by atoms with Gasteiger partial charge in [-0.2, -0.15) is 0 Å². The number of hydrogen-bond donors (Lipinski definition) is 1. The monoisotopic (exact) mass is 284 g/mol. The molecule has 0 unspecified atom stereocenters. The molecule has 0 atom stereocenters. The summed E-state index contributed by atoms with van der Waals surface area (Å²) in [5, 5.41) is 14.0. The summed E-state index contributed by atoms with van der Waals surface area (Å²) in [5.41, 5.74) is 3.60. The lowest BCUT2D eigenvalue weighted by Crippen LogP contribution is -2.12. The molecule has 2 aromatic rings. The second kappa shape index (κ2) is 6.99. The number of nitrogens with zero attached hydrogens (tertiary/aromatic N) is 1. The van der Waals surface area contributed by atoms with Gasteiger partial charge in [-0.15, -0.1) is 0 Å². The molecule has 0 amide bonds. The summed E-state index contributed by atoms with van der Waals surface area (Å²) in [6, 6.07) is 15.3. The molecule has 110 valence electrons. The van der Waals surface area contributed by atoms with Crippen LogP contribution in [0.2, 0.25) is 0 Å². The van der Waals surface area contributed by atoms with E-state index in [1.807, 2.05) is 6.07 Å². The zero-order valence-electron chi connectivity index (χ0n) is 12.4. The lowest BCUT2D eigenvalue weighted by molar-refractivity contribution is -0.384. The number of nitrogens with one attached hydrogen (secondary N) is 1. The average molecular weight is 284 g/mol. The Kier molecular flexibility index (Phi) is 5.06. The van der Waals surface area contributed by atoms with Crippen LogP contribution in [-0.4, -0.2) is 4.92 Å². The van der Waals surface area contributed by atoms with Crippen molar-refractivity contribution < 1.29 is 4.92 Å². The van der Waals surface area contributed by atoms with Crippen molar-refractivity contribution in [3.8, 4) is 0 Å². The molecule has 4 nitrogen and oxygen atoms in total. The van der Waals surface area contributed by atoms with Crippen LogP contribution in [-0.2, 0) is 13.1 Å². The zero-order chi connectivity index (χ0) is 15.2. The van der Waals surface area contributed by atoms with Crippen molar-refractivity contribution in [3.05, 3.63) is 75.3 Å². The highest BCUT2D eigenvalue weighted by molar-refractivity contribution is 5.34. The van der Waals surface area contributed by atoms with Crippen LogP contribution < -0.4 is 5.32 Å². The number of non-ortho nitro benzene ring substituents is 1. The molecule has 0 heterocycles. The van der Waals surface area contributed by atoms with Gasteiger partial charge in [0.1, 0.15) is 0 Å². The highest BCUT2D eigenvalue weighted by Crippen LogP contribution is 2.15. The number of rotatable bonds is 6. The summed E-state index contributed by atoms with van der Waals surface area (Å²) in [5.74, 6) is 0.539. The normalized spacial score (nSPS) is 10.8.